The molecule has 2 aromatic carbocycles. The molecule has 1 saturated heterocycles. The first-order valence-corrected chi connectivity index (χ1v) is 10.5. The topological polar surface area (TPSA) is 110 Å². The van der Waals surface area contributed by atoms with Crippen LogP contribution in [0.2, 0.25) is 5.02 Å². The van der Waals surface area contributed by atoms with E-state index in [1.54, 1.807) is 0 Å². The van der Waals surface area contributed by atoms with Crippen molar-refractivity contribution in [2.75, 3.05) is 18.4 Å². The van der Waals surface area contributed by atoms with E-state index in [0.717, 1.165) is 25.3 Å². The Bertz CT molecular complexity index is 1020. The molecule has 0 unspecified atom stereocenters. The van der Waals surface area contributed by atoms with Crippen molar-refractivity contribution in [1.82, 2.24) is 4.31 Å². The van der Waals surface area contributed by atoms with E-state index in [1.165, 1.54) is 40.7 Å². The lowest BCUT2D eigenvalue weighted by atomic mass is 10.2. The van der Waals surface area contributed by atoms with Gasteiger partial charge in [0.2, 0.25) is 10.0 Å². The van der Waals surface area contributed by atoms with E-state index in [1.807, 2.05) is 0 Å². The number of nitro benzene ring substituents is 1. The van der Waals surface area contributed by atoms with Gasteiger partial charge in [-0.25, -0.2) is 8.42 Å². The summed E-state index contributed by atoms with van der Waals surface area (Å²) in [5, 5.41) is 13.5. The predicted octanol–water partition coefficient (Wildman–Crippen LogP) is 3.68. The number of carbonyl (C=O) groups excluding carboxylic acids is 1. The number of nitro groups is 1. The lowest BCUT2D eigenvalue weighted by Gasteiger charge is -2.26. The fraction of sp³-hybridized carbons (Fsp3) is 0.278. The standard InChI is InChI=1S/C18H18ClN3O5S/c19-16-8-7-14(12-17(16)28(26,27)21-9-2-1-3-10-21)20-18(23)13-5-4-6-15(11-13)22(24)25/h4-8,11-12H,1-3,9-10H2,(H,20,23). The van der Waals surface area contributed by atoms with Crippen LogP contribution in [0.25, 0.3) is 0 Å². The van der Waals surface area contributed by atoms with Gasteiger partial charge in [-0.2, -0.15) is 4.31 Å². The van der Waals surface area contributed by atoms with Crippen molar-refractivity contribution < 1.29 is 18.1 Å². The summed E-state index contributed by atoms with van der Waals surface area (Å²) in [7, 11) is -3.77. The molecule has 2 aromatic rings. The number of rotatable bonds is 5. The van der Waals surface area contributed by atoms with Crippen molar-refractivity contribution in [2.24, 2.45) is 0 Å². The first kappa shape index (κ1) is 20.2. The maximum Gasteiger partial charge on any atom is 0.270 e. The van der Waals surface area contributed by atoms with Crippen molar-refractivity contribution in [3.8, 4) is 0 Å². The van der Waals surface area contributed by atoms with Gasteiger partial charge < -0.3 is 5.32 Å². The summed E-state index contributed by atoms with van der Waals surface area (Å²) in [6, 6.07) is 9.46. The lowest BCUT2D eigenvalue weighted by molar-refractivity contribution is -0.384. The molecule has 28 heavy (non-hydrogen) atoms. The number of benzene rings is 2. The second-order valence-corrected chi connectivity index (χ2v) is 8.69. The molecule has 1 N–H and O–H groups in total. The van der Waals surface area contributed by atoms with E-state index < -0.39 is 20.9 Å². The van der Waals surface area contributed by atoms with Crippen LogP contribution in [-0.2, 0) is 10.0 Å². The number of amides is 1. The normalized spacial score (nSPS) is 15.2. The minimum Gasteiger partial charge on any atom is -0.322 e. The van der Waals surface area contributed by atoms with Crippen LogP contribution in [0.3, 0.4) is 0 Å². The van der Waals surface area contributed by atoms with E-state index in [2.05, 4.69) is 5.32 Å². The average molecular weight is 424 g/mol. The molecule has 1 heterocycles. The second-order valence-electron chi connectivity index (χ2n) is 6.37. The van der Waals surface area contributed by atoms with Crippen LogP contribution in [0, 0.1) is 10.1 Å². The van der Waals surface area contributed by atoms with Crippen LogP contribution in [0.15, 0.2) is 47.4 Å². The van der Waals surface area contributed by atoms with Crippen LogP contribution in [0.4, 0.5) is 11.4 Å². The minimum atomic E-state index is -3.77. The molecule has 0 atom stereocenters. The molecule has 1 aliphatic rings. The third kappa shape index (κ3) is 4.32. The highest BCUT2D eigenvalue weighted by atomic mass is 35.5. The molecule has 0 saturated carbocycles. The Morgan fingerprint density at radius 3 is 2.50 bits per heavy atom. The van der Waals surface area contributed by atoms with E-state index >= 15 is 0 Å². The van der Waals surface area contributed by atoms with E-state index in [0.29, 0.717) is 13.1 Å². The average Bonchev–Trinajstić information content (AvgIpc) is 2.70. The third-order valence-corrected chi connectivity index (χ3v) is 6.82. The van der Waals surface area contributed by atoms with Gasteiger partial charge in [0.25, 0.3) is 11.6 Å². The number of hydrogen-bond donors (Lipinski definition) is 1. The Balaban J connectivity index is 1.86. The van der Waals surface area contributed by atoms with Gasteiger partial charge in [0.15, 0.2) is 0 Å². The number of non-ortho nitro benzene ring substituents is 1. The second kappa shape index (κ2) is 8.26. The molecule has 148 valence electrons. The first-order valence-electron chi connectivity index (χ1n) is 8.64. The van der Waals surface area contributed by atoms with Crippen molar-refractivity contribution in [3.05, 3.63) is 63.2 Å². The van der Waals surface area contributed by atoms with Crippen LogP contribution < -0.4 is 5.32 Å². The molecule has 0 spiro atoms. The van der Waals surface area contributed by atoms with E-state index in [4.69, 9.17) is 11.6 Å². The Hall–Kier alpha value is -2.49. The van der Waals surface area contributed by atoms with Crippen molar-refractivity contribution >= 4 is 38.9 Å². The number of nitrogens with one attached hydrogen (secondary N) is 1. The van der Waals surface area contributed by atoms with Crippen LogP contribution in [0.5, 0.6) is 0 Å². The molecule has 1 fully saturated rings. The minimum absolute atomic E-state index is 0.0684. The third-order valence-electron chi connectivity index (χ3n) is 4.44. The highest BCUT2D eigenvalue weighted by Crippen LogP contribution is 2.29. The fourth-order valence-corrected chi connectivity index (χ4v) is 5.00. The number of nitrogens with zero attached hydrogens (tertiary/aromatic N) is 2. The summed E-state index contributed by atoms with van der Waals surface area (Å²) in [5.74, 6) is -0.590. The molecular weight excluding hydrogens is 406 g/mol. The maximum atomic E-state index is 12.9. The fourth-order valence-electron chi connectivity index (χ4n) is 2.99. The summed E-state index contributed by atoms with van der Waals surface area (Å²) in [6.45, 7) is 0.867. The molecule has 0 aliphatic carbocycles. The van der Waals surface area contributed by atoms with Crippen LogP contribution in [0.1, 0.15) is 29.6 Å². The Morgan fingerprint density at radius 2 is 1.82 bits per heavy atom. The van der Waals surface area contributed by atoms with Gasteiger partial charge in [0.1, 0.15) is 4.90 Å². The molecule has 1 amide bonds. The summed E-state index contributed by atoms with van der Waals surface area (Å²) in [4.78, 5) is 22.6. The molecular formula is C18H18ClN3O5S. The highest BCUT2D eigenvalue weighted by molar-refractivity contribution is 7.89. The number of piperidine rings is 1. The summed E-state index contributed by atoms with van der Waals surface area (Å²) in [5.41, 5.74) is 0.109. The molecule has 8 nitrogen and oxygen atoms in total. The quantitative estimate of drug-likeness (QED) is 0.582. The summed E-state index contributed by atoms with van der Waals surface area (Å²) < 4.78 is 27.2. The van der Waals surface area contributed by atoms with Gasteiger partial charge in [0.05, 0.1) is 9.95 Å². The maximum absolute atomic E-state index is 12.9. The molecule has 10 heteroatoms. The zero-order chi connectivity index (χ0) is 20.3. The predicted molar refractivity (Wildman–Crippen MR) is 105 cm³/mol. The molecule has 1 aliphatic heterocycles. The largest absolute Gasteiger partial charge is 0.322 e. The number of anilines is 1. The van der Waals surface area contributed by atoms with Gasteiger partial charge in [-0.3, -0.25) is 14.9 Å². The number of carbonyl (C=O) groups is 1. The Kier molecular flexibility index (Phi) is 5.97. The van der Waals surface area contributed by atoms with Crippen molar-refractivity contribution in [3.63, 3.8) is 0 Å². The SMILES string of the molecule is O=C(Nc1ccc(Cl)c(S(=O)(=O)N2CCCCC2)c1)c1cccc([N+](=O)[O-])c1. The van der Waals surface area contributed by atoms with Crippen molar-refractivity contribution in [2.45, 2.75) is 24.2 Å². The lowest BCUT2D eigenvalue weighted by Crippen LogP contribution is -2.35. The van der Waals surface area contributed by atoms with Crippen LogP contribution in [-0.4, -0.2) is 36.6 Å². The zero-order valence-electron chi connectivity index (χ0n) is 14.8. The van der Waals surface area contributed by atoms with Gasteiger partial charge in [-0.05, 0) is 37.1 Å². The molecule has 0 radical (unpaired) electrons. The monoisotopic (exact) mass is 423 g/mol. The van der Waals surface area contributed by atoms with E-state index in [9.17, 15) is 23.3 Å². The smallest absolute Gasteiger partial charge is 0.270 e. The number of halogens is 1. The van der Waals surface area contributed by atoms with Gasteiger partial charge >= 0.3 is 0 Å². The van der Waals surface area contributed by atoms with E-state index in [-0.39, 0.29) is 26.9 Å². The molecule has 0 aromatic heterocycles. The number of hydrogen-bond acceptors (Lipinski definition) is 5. The highest BCUT2D eigenvalue weighted by Gasteiger charge is 2.28. The van der Waals surface area contributed by atoms with Gasteiger partial charge in [-0.1, -0.05) is 24.1 Å². The first-order chi connectivity index (χ1) is 13.3. The Morgan fingerprint density at radius 1 is 1.11 bits per heavy atom. The van der Waals surface area contributed by atoms with Gasteiger partial charge in [-0.15, -0.1) is 0 Å². The zero-order valence-corrected chi connectivity index (χ0v) is 16.4. The van der Waals surface area contributed by atoms with Crippen molar-refractivity contribution in [1.29, 1.82) is 0 Å². The summed E-state index contributed by atoms with van der Waals surface area (Å²) in [6.07, 6.45) is 2.57. The number of sulfonamides is 1. The van der Waals surface area contributed by atoms with Gasteiger partial charge in [0, 0.05) is 36.5 Å². The van der Waals surface area contributed by atoms with Crippen LogP contribution >= 0.6 is 11.6 Å². The molecule has 3 rings (SSSR count). The molecule has 0 bridgehead atoms. The Labute approximate surface area is 167 Å². The summed E-state index contributed by atoms with van der Waals surface area (Å²) >= 11 is 6.12.